The van der Waals surface area contributed by atoms with Gasteiger partial charge in [0.2, 0.25) is 0 Å². The van der Waals surface area contributed by atoms with Crippen LogP contribution in [0.25, 0.3) is 0 Å². The first-order chi connectivity index (χ1) is 8.10. The zero-order valence-electron chi connectivity index (χ0n) is 10.1. The Labute approximate surface area is 113 Å². The summed E-state index contributed by atoms with van der Waals surface area (Å²) in [6, 6.07) is 8.35. The van der Waals surface area contributed by atoms with Gasteiger partial charge in [-0.1, -0.05) is 17.7 Å². The van der Waals surface area contributed by atoms with Gasteiger partial charge in [-0.2, -0.15) is 5.26 Å². The molecule has 17 heavy (non-hydrogen) atoms. The molecule has 1 aromatic rings. The van der Waals surface area contributed by atoms with Gasteiger partial charge in [-0.25, -0.2) is 0 Å². The third-order valence-electron chi connectivity index (χ3n) is 2.60. The number of hydrogen-bond donors (Lipinski definition) is 0. The second kappa shape index (κ2) is 6.74. The third-order valence-corrected chi connectivity index (χ3v) is 3.24. The van der Waals surface area contributed by atoms with Crippen LogP contribution < -0.4 is 4.90 Å². The minimum absolute atomic E-state index is 0.335. The lowest BCUT2D eigenvalue weighted by Gasteiger charge is -2.28. The highest BCUT2D eigenvalue weighted by atomic mass is 35.5. The van der Waals surface area contributed by atoms with Gasteiger partial charge in [0, 0.05) is 29.2 Å². The van der Waals surface area contributed by atoms with Gasteiger partial charge in [0.05, 0.1) is 12.5 Å². The van der Waals surface area contributed by atoms with Gasteiger partial charge < -0.3 is 4.90 Å². The molecule has 0 aliphatic rings. The minimum Gasteiger partial charge on any atom is -0.368 e. The fraction of sp³-hybridized carbons (Fsp3) is 0.462. The molecule has 0 aliphatic heterocycles. The molecular formula is C13H16Cl2N2. The Bertz CT molecular complexity index is 410. The van der Waals surface area contributed by atoms with E-state index in [1.165, 1.54) is 0 Å². The standard InChI is InChI=1S/C13H16Cl2N2/c1-10(2)17(7-3-6-16)12-5-4-11(9-14)13(15)8-12/h4-5,8,10H,3,7,9H2,1-2H3. The average molecular weight is 271 g/mol. The van der Waals surface area contributed by atoms with Crippen molar-refractivity contribution in [2.75, 3.05) is 11.4 Å². The van der Waals surface area contributed by atoms with Crippen LogP contribution in [0.4, 0.5) is 5.69 Å². The van der Waals surface area contributed by atoms with Crippen molar-refractivity contribution < 1.29 is 0 Å². The molecule has 0 heterocycles. The number of hydrogen-bond acceptors (Lipinski definition) is 2. The normalized spacial score (nSPS) is 10.4. The summed E-state index contributed by atoms with van der Waals surface area (Å²) in [5.74, 6) is 0.416. The summed E-state index contributed by atoms with van der Waals surface area (Å²) in [5.41, 5.74) is 1.97. The molecule has 0 aromatic heterocycles. The molecule has 0 spiro atoms. The summed E-state index contributed by atoms with van der Waals surface area (Å²) in [6.45, 7) is 4.91. The second-order valence-electron chi connectivity index (χ2n) is 4.10. The molecule has 0 saturated heterocycles. The Morgan fingerprint density at radius 1 is 1.41 bits per heavy atom. The van der Waals surface area contributed by atoms with Crippen LogP contribution in [0.5, 0.6) is 0 Å². The van der Waals surface area contributed by atoms with E-state index in [1.807, 2.05) is 18.2 Å². The van der Waals surface area contributed by atoms with Crippen LogP contribution in [-0.4, -0.2) is 12.6 Å². The molecule has 0 atom stereocenters. The summed E-state index contributed by atoms with van der Waals surface area (Å²) in [4.78, 5) is 2.16. The van der Waals surface area contributed by atoms with Crippen molar-refractivity contribution in [3.05, 3.63) is 28.8 Å². The van der Waals surface area contributed by atoms with Gasteiger partial charge in [-0.15, -0.1) is 11.6 Å². The summed E-state index contributed by atoms with van der Waals surface area (Å²) in [7, 11) is 0. The molecule has 0 unspecified atom stereocenters. The lowest BCUT2D eigenvalue weighted by atomic mass is 10.2. The highest BCUT2D eigenvalue weighted by molar-refractivity contribution is 6.32. The Morgan fingerprint density at radius 2 is 2.12 bits per heavy atom. The summed E-state index contributed by atoms with van der Waals surface area (Å²) >= 11 is 11.9. The largest absolute Gasteiger partial charge is 0.368 e. The number of rotatable bonds is 5. The van der Waals surface area contributed by atoms with Crippen LogP contribution in [0.3, 0.4) is 0 Å². The Kier molecular flexibility index (Phi) is 5.61. The molecule has 0 saturated carbocycles. The summed E-state index contributed by atoms with van der Waals surface area (Å²) in [6.07, 6.45) is 0.507. The predicted octanol–water partition coefficient (Wildman–Crippen LogP) is 4.21. The Morgan fingerprint density at radius 3 is 2.59 bits per heavy atom. The Hall–Kier alpha value is -0.910. The molecule has 1 rings (SSSR count). The highest BCUT2D eigenvalue weighted by Gasteiger charge is 2.11. The predicted molar refractivity (Wildman–Crippen MR) is 73.7 cm³/mol. The van der Waals surface area contributed by atoms with Crippen molar-refractivity contribution in [2.24, 2.45) is 0 Å². The number of nitrogens with zero attached hydrogens (tertiary/aromatic N) is 2. The topological polar surface area (TPSA) is 27.0 Å². The lowest BCUT2D eigenvalue weighted by molar-refractivity contribution is 0.686. The molecular weight excluding hydrogens is 255 g/mol. The number of anilines is 1. The first-order valence-electron chi connectivity index (χ1n) is 5.58. The molecule has 92 valence electrons. The number of alkyl halides is 1. The van der Waals surface area contributed by atoms with Gasteiger partial charge in [0.15, 0.2) is 0 Å². The van der Waals surface area contributed by atoms with E-state index in [0.717, 1.165) is 11.3 Å². The zero-order chi connectivity index (χ0) is 12.8. The molecule has 0 fully saturated rings. The van der Waals surface area contributed by atoms with Crippen molar-refractivity contribution in [2.45, 2.75) is 32.2 Å². The second-order valence-corrected chi connectivity index (χ2v) is 4.78. The molecule has 0 N–H and O–H groups in total. The van der Waals surface area contributed by atoms with Crippen molar-refractivity contribution >= 4 is 28.9 Å². The quantitative estimate of drug-likeness (QED) is 0.750. The van der Waals surface area contributed by atoms with E-state index in [-0.39, 0.29) is 0 Å². The average Bonchev–Trinajstić information content (AvgIpc) is 2.29. The number of halogens is 2. The molecule has 1 aromatic carbocycles. The smallest absolute Gasteiger partial charge is 0.0640 e. The van der Waals surface area contributed by atoms with Crippen molar-refractivity contribution in [1.82, 2.24) is 0 Å². The van der Waals surface area contributed by atoms with Crippen LogP contribution >= 0.6 is 23.2 Å². The fourth-order valence-electron chi connectivity index (χ4n) is 1.68. The lowest BCUT2D eigenvalue weighted by Crippen LogP contribution is -2.31. The van der Waals surface area contributed by atoms with Crippen molar-refractivity contribution in [3.8, 4) is 6.07 Å². The zero-order valence-corrected chi connectivity index (χ0v) is 11.6. The summed E-state index contributed by atoms with van der Waals surface area (Å²) in [5, 5.41) is 9.34. The molecule has 0 amide bonds. The van der Waals surface area contributed by atoms with Crippen molar-refractivity contribution in [1.29, 1.82) is 5.26 Å². The van der Waals surface area contributed by atoms with E-state index in [2.05, 4.69) is 24.8 Å². The number of benzene rings is 1. The SMILES string of the molecule is CC(C)N(CCC#N)c1ccc(CCl)c(Cl)c1. The highest BCUT2D eigenvalue weighted by Crippen LogP contribution is 2.26. The molecule has 4 heteroatoms. The van der Waals surface area contributed by atoms with E-state index >= 15 is 0 Å². The monoisotopic (exact) mass is 270 g/mol. The van der Waals surface area contributed by atoms with Gasteiger partial charge >= 0.3 is 0 Å². The van der Waals surface area contributed by atoms with E-state index in [1.54, 1.807) is 0 Å². The maximum absolute atomic E-state index is 8.66. The van der Waals surface area contributed by atoms with Gasteiger partial charge in [0.25, 0.3) is 0 Å². The van der Waals surface area contributed by atoms with Crippen LogP contribution in [0.1, 0.15) is 25.8 Å². The van der Waals surface area contributed by atoms with E-state index in [4.69, 9.17) is 28.5 Å². The minimum atomic E-state index is 0.335. The summed E-state index contributed by atoms with van der Waals surface area (Å²) < 4.78 is 0. The van der Waals surface area contributed by atoms with Gasteiger partial charge in [0.1, 0.15) is 0 Å². The van der Waals surface area contributed by atoms with Crippen LogP contribution in [0.15, 0.2) is 18.2 Å². The molecule has 2 nitrogen and oxygen atoms in total. The van der Waals surface area contributed by atoms with E-state index in [0.29, 0.717) is 29.9 Å². The molecule has 0 bridgehead atoms. The van der Waals surface area contributed by atoms with E-state index < -0.39 is 0 Å². The molecule has 0 radical (unpaired) electrons. The van der Waals surface area contributed by atoms with Crippen LogP contribution in [0, 0.1) is 11.3 Å². The van der Waals surface area contributed by atoms with Crippen LogP contribution in [0.2, 0.25) is 5.02 Å². The maximum atomic E-state index is 8.66. The maximum Gasteiger partial charge on any atom is 0.0640 e. The fourth-order valence-corrected chi connectivity index (χ4v) is 2.22. The Balaban J connectivity index is 2.95. The van der Waals surface area contributed by atoms with E-state index in [9.17, 15) is 0 Å². The van der Waals surface area contributed by atoms with Gasteiger partial charge in [-0.05, 0) is 31.5 Å². The van der Waals surface area contributed by atoms with Crippen LogP contribution in [-0.2, 0) is 5.88 Å². The first kappa shape index (κ1) is 14.2. The molecule has 0 aliphatic carbocycles. The van der Waals surface area contributed by atoms with Gasteiger partial charge in [-0.3, -0.25) is 0 Å². The van der Waals surface area contributed by atoms with Crippen molar-refractivity contribution in [3.63, 3.8) is 0 Å². The first-order valence-corrected chi connectivity index (χ1v) is 6.49. The number of nitriles is 1. The third kappa shape index (κ3) is 3.80.